The summed E-state index contributed by atoms with van der Waals surface area (Å²) in [6.07, 6.45) is 3.25. The minimum absolute atomic E-state index is 0. The fraction of sp³-hybridized carbons (Fsp3) is 0.579. The van der Waals surface area contributed by atoms with Gasteiger partial charge in [-0.15, -0.1) is 24.0 Å². The first kappa shape index (κ1) is 23.9. The van der Waals surface area contributed by atoms with Crippen LogP contribution in [0.25, 0.3) is 0 Å². The molecule has 2 rings (SSSR count). The number of nitrogens with zero attached hydrogens (tertiary/aromatic N) is 2. The molecule has 1 unspecified atom stereocenters. The molecule has 1 aliphatic rings. The number of guanidine groups is 1. The molecular formula is C19H31IN4O2S. The predicted octanol–water partition coefficient (Wildman–Crippen LogP) is 2.37. The molecule has 8 heteroatoms. The first-order chi connectivity index (χ1) is 12.6. The van der Waals surface area contributed by atoms with Crippen LogP contribution in [0.2, 0.25) is 0 Å². The molecule has 1 aromatic rings. The van der Waals surface area contributed by atoms with Gasteiger partial charge in [-0.1, -0.05) is 12.1 Å². The van der Waals surface area contributed by atoms with Gasteiger partial charge in [-0.25, -0.2) is 4.99 Å². The molecule has 0 saturated carbocycles. The van der Waals surface area contributed by atoms with Crippen LogP contribution in [0.15, 0.2) is 29.3 Å². The number of methoxy groups -OCH3 is 1. The van der Waals surface area contributed by atoms with Gasteiger partial charge in [0.15, 0.2) is 5.96 Å². The van der Waals surface area contributed by atoms with Gasteiger partial charge in [0.1, 0.15) is 12.3 Å². The number of amides is 1. The van der Waals surface area contributed by atoms with Crippen LogP contribution in [0.4, 0.5) is 0 Å². The highest BCUT2D eigenvalue weighted by Crippen LogP contribution is 2.16. The maximum atomic E-state index is 11.8. The molecule has 1 aliphatic heterocycles. The van der Waals surface area contributed by atoms with Crippen LogP contribution in [0.3, 0.4) is 0 Å². The highest BCUT2D eigenvalue weighted by Gasteiger charge is 2.15. The molecule has 0 radical (unpaired) electrons. The number of benzene rings is 1. The highest BCUT2D eigenvalue weighted by molar-refractivity contribution is 14.0. The summed E-state index contributed by atoms with van der Waals surface area (Å²) in [4.78, 5) is 17.9. The van der Waals surface area contributed by atoms with E-state index in [1.54, 1.807) is 26.1 Å². The smallest absolute Gasteiger partial charge is 0.243 e. The third-order valence-corrected chi connectivity index (χ3v) is 5.45. The zero-order valence-electron chi connectivity index (χ0n) is 16.4. The Hall–Kier alpha value is -1.16. The number of rotatable bonds is 7. The van der Waals surface area contributed by atoms with Gasteiger partial charge in [-0.05, 0) is 42.7 Å². The van der Waals surface area contributed by atoms with Crippen molar-refractivity contribution in [2.24, 2.45) is 4.99 Å². The van der Waals surface area contributed by atoms with E-state index >= 15 is 0 Å². The zero-order chi connectivity index (χ0) is 18.8. The lowest BCUT2D eigenvalue weighted by Crippen LogP contribution is -2.46. The quantitative estimate of drug-likeness (QED) is 0.338. The van der Waals surface area contributed by atoms with Crippen LogP contribution in [0.5, 0.6) is 5.75 Å². The molecule has 152 valence electrons. The van der Waals surface area contributed by atoms with E-state index in [1.165, 1.54) is 17.7 Å². The standard InChI is InChI=1S/C19H30N4O2S.HI/c1-23(2)18(24)13-21-19(22-16-5-4-12-26-14-16)20-11-10-15-6-8-17(25-3)9-7-15;/h6-9,16H,4-5,10-14H2,1-3H3,(H2,20,21,22);1H. The lowest BCUT2D eigenvalue weighted by Gasteiger charge is -2.25. The minimum Gasteiger partial charge on any atom is -0.497 e. The summed E-state index contributed by atoms with van der Waals surface area (Å²) in [6, 6.07) is 8.49. The third kappa shape index (κ3) is 9.05. The monoisotopic (exact) mass is 506 g/mol. The number of aliphatic imine (C=N–C) groups is 1. The first-order valence-corrected chi connectivity index (χ1v) is 10.2. The molecular weight excluding hydrogens is 475 g/mol. The van der Waals surface area contributed by atoms with Crippen molar-refractivity contribution in [1.82, 2.24) is 15.5 Å². The second-order valence-electron chi connectivity index (χ2n) is 6.54. The number of halogens is 1. The number of ether oxygens (including phenoxy) is 1. The van der Waals surface area contributed by atoms with Crippen molar-refractivity contribution in [2.45, 2.75) is 25.3 Å². The fourth-order valence-electron chi connectivity index (χ4n) is 2.61. The summed E-state index contributed by atoms with van der Waals surface area (Å²) >= 11 is 1.97. The average molecular weight is 506 g/mol. The number of carbonyl (C=O) groups excluding carboxylic acids is 1. The summed E-state index contributed by atoms with van der Waals surface area (Å²) in [5.41, 5.74) is 1.23. The van der Waals surface area contributed by atoms with E-state index in [2.05, 4.69) is 27.8 Å². The van der Waals surface area contributed by atoms with Crippen LogP contribution in [0, 0.1) is 0 Å². The molecule has 0 aromatic heterocycles. The summed E-state index contributed by atoms with van der Waals surface area (Å²) in [7, 11) is 5.17. The van der Waals surface area contributed by atoms with Gasteiger partial charge in [-0.2, -0.15) is 11.8 Å². The van der Waals surface area contributed by atoms with Crippen LogP contribution < -0.4 is 15.4 Å². The van der Waals surface area contributed by atoms with Crippen molar-refractivity contribution in [2.75, 3.05) is 45.8 Å². The lowest BCUT2D eigenvalue weighted by molar-refractivity contribution is -0.127. The number of likely N-dealkylation sites (N-methyl/N-ethyl adjacent to an activating group) is 1. The van der Waals surface area contributed by atoms with Crippen molar-refractivity contribution < 1.29 is 9.53 Å². The van der Waals surface area contributed by atoms with E-state index in [1.807, 2.05) is 23.9 Å². The molecule has 1 fully saturated rings. The van der Waals surface area contributed by atoms with E-state index in [-0.39, 0.29) is 36.4 Å². The van der Waals surface area contributed by atoms with Crippen molar-refractivity contribution in [3.8, 4) is 5.75 Å². The summed E-state index contributed by atoms with van der Waals surface area (Å²) in [5, 5.41) is 6.85. The van der Waals surface area contributed by atoms with Crippen LogP contribution >= 0.6 is 35.7 Å². The summed E-state index contributed by atoms with van der Waals surface area (Å²) < 4.78 is 5.19. The van der Waals surface area contributed by atoms with Crippen molar-refractivity contribution >= 4 is 47.6 Å². The van der Waals surface area contributed by atoms with Gasteiger partial charge in [0, 0.05) is 32.4 Å². The van der Waals surface area contributed by atoms with E-state index in [4.69, 9.17) is 4.74 Å². The molecule has 6 nitrogen and oxygen atoms in total. The van der Waals surface area contributed by atoms with Crippen LogP contribution in [-0.4, -0.2) is 68.6 Å². The Morgan fingerprint density at radius 3 is 2.67 bits per heavy atom. The van der Waals surface area contributed by atoms with Crippen LogP contribution in [-0.2, 0) is 11.2 Å². The number of thioether (sulfide) groups is 1. The van der Waals surface area contributed by atoms with Gasteiger partial charge in [0.25, 0.3) is 0 Å². The Balaban J connectivity index is 0.00000364. The van der Waals surface area contributed by atoms with E-state index in [9.17, 15) is 4.79 Å². The molecule has 27 heavy (non-hydrogen) atoms. The predicted molar refractivity (Wildman–Crippen MR) is 125 cm³/mol. The molecule has 1 heterocycles. The molecule has 1 saturated heterocycles. The Labute approximate surface area is 183 Å². The Morgan fingerprint density at radius 2 is 2.07 bits per heavy atom. The fourth-order valence-corrected chi connectivity index (χ4v) is 3.68. The Kier molecular flexibility index (Phi) is 11.6. The normalized spacial score (nSPS) is 16.9. The van der Waals surface area contributed by atoms with E-state index in [0.29, 0.717) is 6.04 Å². The van der Waals surface area contributed by atoms with Crippen molar-refractivity contribution in [1.29, 1.82) is 0 Å². The molecule has 1 atom stereocenters. The lowest BCUT2D eigenvalue weighted by atomic mass is 10.1. The molecule has 1 aromatic carbocycles. The number of nitrogens with one attached hydrogen (secondary N) is 2. The molecule has 0 bridgehead atoms. The third-order valence-electron chi connectivity index (χ3n) is 4.24. The SMILES string of the molecule is COc1ccc(CCNC(=NCC(=O)N(C)C)NC2CCCSC2)cc1.I. The summed E-state index contributed by atoms with van der Waals surface area (Å²) in [6.45, 7) is 0.916. The van der Waals surface area contributed by atoms with Gasteiger partial charge < -0.3 is 20.3 Å². The molecule has 0 spiro atoms. The van der Waals surface area contributed by atoms with Crippen LogP contribution in [0.1, 0.15) is 18.4 Å². The van der Waals surface area contributed by atoms with Gasteiger partial charge in [0.2, 0.25) is 5.91 Å². The summed E-state index contributed by atoms with van der Waals surface area (Å²) in [5.74, 6) is 3.90. The van der Waals surface area contributed by atoms with Gasteiger partial charge in [-0.3, -0.25) is 4.79 Å². The maximum absolute atomic E-state index is 11.8. The maximum Gasteiger partial charge on any atom is 0.243 e. The molecule has 0 aliphatic carbocycles. The van der Waals surface area contributed by atoms with Gasteiger partial charge in [0.05, 0.1) is 7.11 Å². The Morgan fingerprint density at radius 1 is 1.33 bits per heavy atom. The minimum atomic E-state index is -0.000673. The number of hydrogen-bond donors (Lipinski definition) is 2. The zero-order valence-corrected chi connectivity index (χ0v) is 19.5. The molecule has 2 N–H and O–H groups in total. The average Bonchev–Trinajstić information content (AvgIpc) is 2.67. The largest absolute Gasteiger partial charge is 0.497 e. The second kappa shape index (κ2) is 13.1. The van der Waals surface area contributed by atoms with E-state index in [0.717, 1.165) is 36.8 Å². The van der Waals surface area contributed by atoms with Crippen molar-refractivity contribution in [3.63, 3.8) is 0 Å². The second-order valence-corrected chi connectivity index (χ2v) is 7.69. The molecule has 1 amide bonds. The van der Waals surface area contributed by atoms with Gasteiger partial charge >= 0.3 is 0 Å². The highest BCUT2D eigenvalue weighted by atomic mass is 127. The number of hydrogen-bond acceptors (Lipinski definition) is 4. The number of carbonyl (C=O) groups is 1. The van der Waals surface area contributed by atoms with E-state index < -0.39 is 0 Å². The topological polar surface area (TPSA) is 66.0 Å². The first-order valence-electron chi connectivity index (χ1n) is 9.04. The Bertz CT molecular complexity index is 590. The van der Waals surface area contributed by atoms with Crippen molar-refractivity contribution in [3.05, 3.63) is 29.8 Å².